The van der Waals surface area contributed by atoms with Gasteiger partial charge in [0, 0.05) is 28.2 Å². The molecule has 1 aliphatic rings. The molecule has 8 nitrogen and oxygen atoms in total. The van der Waals surface area contributed by atoms with Crippen LogP contribution in [0.15, 0.2) is 60.7 Å². The summed E-state index contributed by atoms with van der Waals surface area (Å²) in [6.07, 6.45) is -4.29. The first-order valence-electron chi connectivity index (χ1n) is 16.0. The number of benzene rings is 3. The van der Waals surface area contributed by atoms with Gasteiger partial charge >= 0.3 is 18.1 Å². The molecule has 3 aromatic rings. The normalized spacial score (nSPS) is 20.7. The van der Waals surface area contributed by atoms with E-state index in [1.54, 1.807) is 24.3 Å². The van der Waals surface area contributed by atoms with Gasteiger partial charge in [0.25, 0.3) is 0 Å². The first-order chi connectivity index (χ1) is 24.0. The molecule has 4 N–H and O–H groups in total. The number of carbonyl (C=O) groups is 3. The summed E-state index contributed by atoms with van der Waals surface area (Å²) in [5.41, 5.74) is -1.16. The third-order valence-electron chi connectivity index (χ3n) is 8.56. The molecule has 3 aromatic carbocycles. The molecule has 1 heterocycles. The predicted octanol–water partition coefficient (Wildman–Crippen LogP) is 9.08. The first kappa shape index (κ1) is 42.2. The lowest BCUT2D eigenvalue weighted by molar-refractivity contribution is -0.192. The number of amides is 1. The number of nitrogens with one attached hydrogen (secondary N) is 2. The number of aliphatic carboxylic acids is 2. The largest absolute Gasteiger partial charge is 0.490 e. The monoisotopic (exact) mass is 769 g/mol. The molecule has 0 spiro atoms. The van der Waals surface area contributed by atoms with E-state index in [4.69, 9.17) is 33.1 Å². The molecular weight excluding hydrogens is 732 g/mol. The molecule has 0 bridgehead atoms. The van der Waals surface area contributed by atoms with Crippen LogP contribution in [0.3, 0.4) is 0 Å². The van der Waals surface area contributed by atoms with Crippen molar-refractivity contribution in [1.82, 2.24) is 5.32 Å². The average Bonchev–Trinajstić information content (AvgIpc) is 3.34. The minimum atomic E-state index is -5.08. The Kier molecular flexibility index (Phi) is 13.5. The fraction of sp³-hybridized carbons (Fsp3) is 0.405. The quantitative estimate of drug-likeness (QED) is 0.159. The molecular formula is C37H38Cl2F5N3O5. The van der Waals surface area contributed by atoms with Gasteiger partial charge in [0.15, 0.2) is 0 Å². The molecule has 52 heavy (non-hydrogen) atoms. The molecule has 0 saturated carbocycles. The highest BCUT2D eigenvalue weighted by Gasteiger charge is 2.61. The van der Waals surface area contributed by atoms with Crippen LogP contribution < -0.4 is 10.6 Å². The summed E-state index contributed by atoms with van der Waals surface area (Å²) in [5.74, 6) is -7.56. The Morgan fingerprint density at radius 3 is 2.08 bits per heavy atom. The Bertz CT molecular complexity index is 1830. The second-order valence-electron chi connectivity index (χ2n) is 14.1. The van der Waals surface area contributed by atoms with Crippen LogP contribution in [0.4, 0.5) is 27.6 Å². The average molecular weight is 771 g/mol. The van der Waals surface area contributed by atoms with Gasteiger partial charge in [-0.25, -0.2) is 13.6 Å². The number of halogens is 7. The number of carboxylic acid groups (broad SMARTS) is 2. The molecule has 1 amide bonds. The van der Waals surface area contributed by atoms with Gasteiger partial charge in [-0.3, -0.25) is 9.59 Å². The van der Waals surface area contributed by atoms with E-state index in [1.165, 1.54) is 30.3 Å². The van der Waals surface area contributed by atoms with Crippen molar-refractivity contribution in [3.05, 3.63) is 99.0 Å². The standard InChI is InChI=1S/C35H37Cl2F2N3O3.C2HF3O2/c1-19(2)15-24(33(44)45)20-9-12-22(13-10-20)41-32(43)31-29(23-7-6-8-26(37)30(23)39)35(18-40,28(42-31)17-34(3,4)5)25-14-11-21(36)16-27(25)38;3-2(4,5)1(6)7/h6-14,16,19,24,28-29,31,42H,15,17H2,1-5H3,(H,41,43)(H,44,45);(H,6,7)/t24?,28-,29-,31+,35-;/m0./s1. The van der Waals surface area contributed by atoms with E-state index < -0.39 is 65.0 Å². The smallest absolute Gasteiger partial charge is 0.481 e. The topological polar surface area (TPSA) is 140 Å². The zero-order valence-electron chi connectivity index (χ0n) is 28.8. The van der Waals surface area contributed by atoms with Crippen LogP contribution >= 0.6 is 23.2 Å². The summed E-state index contributed by atoms with van der Waals surface area (Å²) in [6.45, 7) is 9.78. The van der Waals surface area contributed by atoms with Crippen molar-refractivity contribution >= 4 is 46.7 Å². The highest BCUT2D eigenvalue weighted by atomic mass is 35.5. The second-order valence-corrected chi connectivity index (χ2v) is 15.0. The minimum Gasteiger partial charge on any atom is -0.481 e. The lowest BCUT2D eigenvalue weighted by atomic mass is 9.62. The number of nitriles is 1. The van der Waals surface area contributed by atoms with Gasteiger partial charge in [-0.15, -0.1) is 0 Å². The minimum absolute atomic E-state index is 0.00390. The number of anilines is 1. The van der Waals surface area contributed by atoms with Gasteiger partial charge in [0.05, 0.1) is 23.1 Å². The van der Waals surface area contributed by atoms with Crippen LogP contribution in [-0.2, 0) is 19.8 Å². The molecule has 1 unspecified atom stereocenters. The maximum Gasteiger partial charge on any atom is 0.490 e. The molecule has 1 fully saturated rings. The van der Waals surface area contributed by atoms with E-state index in [9.17, 15) is 33.1 Å². The molecule has 1 aliphatic heterocycles. The lowest BCUT2D eigenvalue weighted by Crippen LogP contribution is -2.45. The number of hydrogen-bond acceptors (Lipinski definition) is 5. The van der Waals surface area contributed by atoms with Gasteiger partial charge in [-0.05, 0) is 65.6 Å². The molecule has 0 aliphatic carbocycles. The van der Waals surface area contributed by atoms with E-state index in [1.807, 2.05) is 34.6 Å². The fourth-order valence-electron chi connectivity index (χ4n) is 6.43. The number of alkyl halides is 3. The Morgan fingerprint density at radius 2 is 1.60 bits per heavy atom. The molecule has 0 radical (unpaired) electrons. The van der Waals surface area contributed by atoms with Crippen molar-refractivity contribution < 1.29 is 46.5 Å². The van der Waals surface area contributed by atoms with Crippen molar-refractivity contribution in [3.8, 4) is 6.07 Å². The highest BCUT2D eigenvalue weighted by molar-refractivity contribution is 6.31. The number of rotatable bonds is 9. The molecule has 15 heteroatoms. The number of carboxylic acids is 2. The Morgan fingerprint density at radius 1 is 1.00 bits per heavy atom. The maximum absolute atomic E-state index is 15.9. The van der Waals surface area contributed by atoms with E-state index in [2.05, 4.69) is 16.7 Å². The van der Waals surface area contributed by atoms with Crippen LogP contribution in [0.25, 0.3) is 0 Å². The van der Waals surface area contributed by atoms with Crippen LogP contribution in [0.2, 0.25) is 10.0 Å². The summed E-state index contributed by atoms with van der Waals surface area (Å²) in [4.78, 5) is 34.9. The van der Waals surface area contributed by atoms with Crippen LogP contribution in [0, 0.1) is 34.3 Å². The zero-order chi connectivity index (χ0) is 39.3. The van der Waals surface area contributed by atoms with Crippen LogP contribution in [0.5, 0.6) is 0 Å². The van der Waals surface area contributed by atoms with Gasteiger partial charge < -0.3 is 20.8 Å². The molecule has 0 aromatic heterocycles. The first-order valence-corrected chi connectivity index (χ1v) is 16.8. The Labute approximate surface area is 307 Å². The van der Waals surface area contributed by atoms with E-state index in [-0.39, 0.29) is 32.5 Å². The highest BCUT2D eigenvalue weighted by Crippen LogP contribution is 2.53. The van der Waals surface area contributed by atoms with Crippen molar-refractivity contribution in [1.29, 1.82) is 5.26 Å². The second kappa shape index (κ2) is 16.6. The third kappa shape index (κ3) is 9.79. The van der Waals surface area contributed by atoms with Gasteiger partial charge in [0.2, 0.25) is 5.91 Å². The predicted molar refractivity (Wildman–Crippen MR) is 186 cm³/mol. The number of nitrogens with zero attached hydrogens (tertiary/aromatic N) is 1. The van der Waals surface area contributed by atoms with Crippen molar-refractivity contribution in [3.63, 3.8) is 0 Å². The third-order valence-corrected chi connectivity index (χ3v) is 9.09. The Hall–Kier alpha value is -4.25. The van der Waals surface area contributed by atoms with Gasteiger partial charge in [0.1, 0.15) is 17.0 Å². The molecule has 280 valence electrons. The van der Waals surface area contributed by atoms with Crippen molar-refractivity contribution in [2.45, 2.75) is 83.0 Å². The summed E-state index contributed by atoms with van der Waals surface area (Å²) in [6, 6.07) is 15.2. The van der Waals surface area contributed by atoms with Crippen LogP contribution in [-0.4, -0.2) is 46.3 Å². The fourth-order valence-corrected chi connectivity index (χ4v) is 6.77. The molecule has 5 atom stereocenters. The lowest BCUT2D eigenvalue weighted by Gasteiger charge is -2.37. The van der Waals surface area contributed by atoms with Crippen molar-refractivity contribution in [2.24, 2.45) is 11.3 Å². The maximum atomic E-state index is 15.9. The summed E-state index contributed by atoms with van der Waals surface area (Å²) < 4.78 is 63.4. The zero-order valence-corrected chi connectivity index (χ0v) is 30.3. The summed E-state index contributed by atoms with van der Waals surface area (Å²) in [5, 5.41) is 33.9. The van der Waals surface area contributed by atoms with E-state index >= 15 is 8.78 Å². The summed E-state index contributed by atoms with van der Waals surface area (Å²) >= 11 is 12.3. The SMILES string of the molecule is CC(C)CC(C(=O)O)c1ccc(NC(=O)[C@@H]2N[C@@H](CC(C)(C)C)[C@](C#N)(c3ccc(Cl)cc3F)[C@H]2c2cccc(Cl)c2F)cc1.O=C(O)C(F)(F)F. The van der Waals surface area contributed by atoms with Crippen molar-refractivity contribution in [2.75, 3.05) is 5.32 Å². The van der Waals surface area contributed by atoms with E-state index in [0.29, 0.717) is 24.1 Å². The number of hydrogen-bond donors (Lipinski definition) is 4. The molecule has 1 saturated heterocycles. The molecule has 4 rings (SSSR count). The Balaban J connectivity index is 0.000000944. The van der Waals surface area contributed by atoms with E-state index in [0.717, 1.165) is 6.07 Å². The number of carbonyl (C=O) groups excluding carboxylic acids is 1. The van der Waals surface area contributed by atoms with Gasteiger partial charge in [-0.1, -0.05) is 88.2 Å². The summed E-state index contributed by atoms with van der Waals surface area (Å²) in [7, 11) is 0. The van der Waals surface area contributed by atoms with Crippen LogP contribution in [0.1, 0.15) is 76.0 Å². The van der Waals surface area contributed by atoms with Gasteiger partial charge in [-0.2, -0.15) is 18.4 Å².